The fourth-order valence-electron chi connectivity index (χ4n) is 4.33. The molecule has 7 heteroatoms. The van der Waals surface area contributed by atoms with Crippen LogP contribution in [0.3, 0.4) is 0 Å². The normalized spacial score (nSPS) is 19.4. The Labute approximate surface area is 215 Å². The number of benzene rings is 2. The van der Waals surface area contributed by atoms with E-state index >= 15 is 0 Å². The molecule has 1 unspecified atom stereocenters. The fraction of sp³-hybridized carbons (Fsp3) is 0.414. The first-order valence-electron chi connectivity index (χ1n) is 13.0. The Hall–Kier alpha value is -3.45. The lowest BCUT2D eigenvalue weighted by molar-refractivity contribution is -0.126. The second kappa shape index (κ2) is 15.5. The van der Waals surface area contributed by atoms with Crippen LogP contribution in [0, 0.1) is 5.41 Å². The van der Waals surface area contributed by atoms with Crippen molar-refractivity contribution < 1.29 is 9.59 Å². The molecule has 3 N–H and O–H groups in total. The second-order valence-electron chi connectivity index (χ2n) is 9.12. The average Bonchev–Trinajstić information content (AvgIpc) is 2.92. The molecule has 1 aliphatic heterocycles. The SMILES string of the molecule is N=CN1CCCCN(C(=O)/C=C/c2ccccc2)CCCNC(=O)CC(c2ccccc2)NCCC1. The van der Waals surface area contributed by atoms with Crippen molar-refractivity contribution in [2.75, 3.05) is 39.3 Å². The monoisotopic (exact) mass is 489 g/mol. The third kappa shape index (κ3) is 9.66. The highest BCUT2D eigenvalue weighted by Crippen LogP contribution is 2.16. The van der Waals surface area contributed by atoms with Crippen molar-refractivity contribution in [2.45, 2.75) is 38.1 Å². The Morgan fingerprint density at radius 2 is 1.50 bits per heavy atom. The Balaban J connectivity index is 1.63. The van der Waals surface area contributed by atoms with Gasteiger partial charge >= 0.3 is 0 Å². The van der Waals surface area contributed by atoms with Crippen molar-refractivity contribution in [3.05, 3.63) is 77.9 Å². The van der Waals surface area contributed by atoms with E-state index in [0.717, 1.165) is 50.0 Å². The van der Waals surface area contributed by atoms with E-state index in [0.29, 0.717) is 32.5 Å². The Morgan fingerprint density at radius 3 is 2.25 bits per heavy atom. The first-order chi connectivity index (χ1) is 17.7. The molecule has 0 saturated carbocycles. The van der Waals surface area contributed by atoms with Crippen LogP contribution >= 0.6 is 0 Å². The molecule has 36 heavy (non-hydrogen) atoms. The molecule has 7 nitrogen and oxygen atoms in total. The summed E-state index contributed by atoms with van der Waals surface area (Å²) in [7, 11) is 0. The minimum Gasteiger partial charge on any atom is -0.363 e. The zero-order valence-corrected chi connectivity index (χ0v) is 21.1. The van der Waals surface area contributed by atoms with Gasteiger partial charge in [0.15, 0.2) is 0 Å². The molecular formula is C29H39N5O2. The van der Waals surface area contributed by atoms with Crippen molar-refractivity contribution >= 4 is 24.2 Å². The van der Waals surface area contributed by atoms with Crippen molar-refractivity contribution in [2.24, 2.45) is 0 Å². The molecule has 1 atom stereocenters. The lowest BCUT2D eigenvalue weighted by Crippen LogP contribution is -2.35. The standard InChI is InChI=1S/C29H39N5O2/c30-24-33-19-7-8-21-34(29(36)16-15-25-11-3-1-4-12-25)22-10-18-32-28(35)23-27(31-17-9-20-33)26-13-5-2-6-14-26/h1-6,11-16,24,27,30-31H,7-10,17-23H2,(H,32,35)/b16-15+,30-24?. The molecule has 0 aromatic heterocycles. The number of hydrogen-bond acceptors (Lipinski definition) is 4. The largest absolute Gasteiger partial charge is 0.363 e. The van der Waals surface area contributed by atoms with Gasteiger partial charge in [0.05, 0.1) is 6.34 Å². The third-order valence-electron chi connectivity index (χ3n) is 6.37. The highest BCUT2D eigenvalue weighted by atomic mass is 16.2. The zero-order chi connectivity index (χ0) is 25.4. The van der Waals surface area contributed by atoms with Crippen molar-refractivity contribution in [3.63, 3.8) is 0 Å². The van der Waals surface area contributed by atoms with Gasteiger partial charge in [0.25, 0.3) is 0 Å². The topological polar surface area (TPSA) is 88.5 Å². The van der Waals surface area contributed by atoms with E-state index in [4.69, 9.17) is 5.41 Å². The summed E-state index contributed by atoms with van der Waals surface area (Å²) in [6.07, 6.45) is 8.62. The molecule has 0 aliphatic carbocycles. The van der Waals surface area contributed by atoms with Gasteiger partial charge < -0.3 is 20.4 Å². The molecule has 1 aliphatic rings. The van der Waals surface area contributed by atoms with Crippen molar-refractivity contribution in [1.82, 2.24) is 20.4 Å². The number of hydrogen-bond donors (Lipinski definition) is 3. The summed E-state index contributed by atoms with van der Waals surface area (Å²) in [5.41, 5.74) is 2.09. The molecule has 0 radical (unpaired) electrons. The van der Waals surface area contributed by atoms with Gasteiger partial charge in [-0.3, -0.25) is 15.0 Å². The van der Waals surface area contributed by atoms with Crippen LogP contribution < -0.4 is 10.6 Å². The number of nitrogens with one attached hydrogen (secondary N) is 3. The van der Waals surface area contributed by atoms with Crippen LogP contribution in [0.4, 0.5) is 0 Å². The van der Waals surface area contributed by atoms with Crippen LogP contribution in [0.2, 0.25) is 0 Å². The molecule has 1 saturated heterocycles. The summed E-state index contributed by atoms with van der Waals surface area (Å²) < 4.78 is 0. The maximum Gasteiger partial charge on any atom is 0.246 e. The van der Waals surface area contributed by atoms with Crippen LogP contribution in [0.5, 0.6) is 0 Å². The van der Waals surface area contributed by atoms with Gasteiger partial charge in [-0.15, -0.1) is 0 Å². The van der Waals surface area contributed by atoms with Gasteiger partial charge in [-0.25, -0.2) is 0 Å². The minimum atomic E-state index is -0.0588. The van der Waals surface area contributed by atoms with E-state index in [1.165, 1.54) is 6.34 Å². The van der Waals surface area contributed by atoms with Crippen molar-refractivity contribution in [1.29, 1.82) is 5.41 Å². The molecule has 3 rings (SSSR count). The lowest BCUT2D eigenvalue weighted by Gasteiger charge is -2.23. The maximum absolute atomic E-state index is 12.9. The average molecular weight is 490 g/mol. The molecule has 1 heterocycles. The fourth-order valence-corrected chi connectivity index (χ4v) is 4.33. The van der Waals surface area contributed by atoms with Crippen LogP contribution in [0.25, 0.3) is 6.08 Å². The summed E-state index contributed by atoms with van der Waals surface area (Å²) in [6, 6.07) is 19.8. The molecule has 0 spiro atoms. The maximum atomic E-state index is 12.9. The quantitative estimate of drug-likeness (QED) is 0.346. The Bertz CT molecular complexity index is 964. The zero-order valence-electron chi connectivity index (χ0n) is 21.1. The number of carbonyl (C=O) groups excluding carboxylic acids is 2. The van der Waals surface area contributed by atoms with E-state index < -0.39 is 0 Å². The summed E-state index contributed by atoms with van der Waals surface area (Å²) in [4.78, 5) is 29.5. The molecule has 1 fully saturated rings. The number of carbonyl (C=O) groups is 2. The summed E-state index contributed by atoms with van der Waals surface area (Å²) in [5, 5.41) is 14.3. The first-order valence-corrected chi connectivity index (χ1v) is 13.0. The Kier molecular flexibility index (Phi) is 11.7. The number of rotatable bonds is 4. The van der Waals surface area contributed by atoms with Crippen LogP contribution in [0.15, 0.2) is 66.7 Å². The van der Waals surface area contributed by atoms with E-state index in [1.54, 1.807) is 6.08 Å². The van der Waals surface area contributed by atoms with E-state index in [-0.39, 0.29) is 17.9 Å². The third-order valence-corrected chi connectivity index (χ3v) is 6.37. The van der Waals surface area contributed by atoms with Crippen molar-refractivity contribution in [3.8, 4) is 0 Å². The molecule has 192 valence electrons. The van der Waals surface area contributed by atoms with Crippen LogP contribution in [0.1, 0.15) is 49.3 Å². The highest BCUT2D eigenvalue weighted by molar-refractivity contribution is 5.91. The number of nitrogens with zero attached hydrogens (tertiary/aromatic N) is 2. The predicted molar refractivity (Wildman–Crippen MR) is 146 cm³/mol. The van der Waals surface area contributed by atoms with Crippen LogP contribution in [-0.4, -0.2) is 67.2 Å². The summed E-state index contributed by atoms with van der Waals surface area (Å²) >= 11 is 0. The van der Waals surface area contributed by atoms with E-state index in [2.05, 4.69) is 10.6 Å². The number of amides is 2. The first kappa shape index (κ1) is 27.1. The van der Waals surface area contributed by atoms with Gasteiger partial charge in [0, 0.05) is 51.3 Å². The predicted octanol–water partition coefficient (Wildman–Crippen LogP) is 3.85. The van der Waals surface area contributed by atoms with Gasteiger partial charge in [-0.2, -0.15) is 0 Å². The highest BCUT2D eigenvalue weighted by Gasteiger charge is 2.16. The summed E-state index contributed by atoms with van der Waals surface area (Å²) in [6.45, 7) is 4.14. The Morgan fingerprint density at radius 1 is 0.861 bits per heavy atom. The van der Waals surface area contributed by atoms with Gasteiger partial charge in [-0.05, 0) is 49.4 Å². The molecule has 2 aromatic rings. The van der Waals surface area contributed by atoms with Crippen LogP contribution in [-0.2, 0) is 9.59 Å². The van der Waals surface area contributed by atoms with Gasteiger partial charge in [-0.1, -0.05) is 60.7 Å². The molecule has 0 bridgehead atoms. The second-order valence-corrected chi connectivity index (χ2v) is 9.12. The van der Waals surface area contributed by atoms with Gasteiger partial charge in [0.2, 0.25) is 11.8 Å². The lowest BCUT2D eigenvalue weighted by atomic mass is 10.0. The van der Waals surface area contributed by atoms with E-state index in [1.807, 2.05) is 76.5 Å². The molecule has 2 amide bonds. The smallest absolute Gasteiger partial charge is 0.246 e. The van der Waals surface area contributed by atoms with Gasteiger partial charge in [0.1, 0.15) is 0 Å². The molecule has 2 aromatic carbocycles. The summed E-state index contributed by atoms with van der Waals surface area (Å²) in [5.74, 6) is -0.0102. The molecular weight excluding hydrogens is 450 g/mol. The minimum absolute atomic E-state index is 0.00337. The van der Waals surface area contributed by atoms with E-state index in [9.17, 15) is 9.59 Å².